The number of hydrogen-bond acceptors (Lipinski definition) is 10. The van der Waals surface area contributed by atoms with Crippen LogP contribution in [0.15, 0.2) is 134 Å². The molecule has 3 atom stereocenters. The summed E-state index contributed by atoms with van der Waals surface area (Å²) < 4.78 is 39.6. The molecule has 2 N–H and O–H groups in total. The first kappa shape index (κ1) is 77.6. The van der Waals surface area contributed by atoms with Crippen molar-refractivity contribution in [3.63, 3.8) is 0 Å². The van der Waals surface area contributed by atoms with E-state index >= 15 is 0 Å². The van der Waals surface area contributed by atoms with E-state index in [1.807, 2.05) is 6.08 Å². The average molecular weight is 1160 g/mol. The second-order valence-corrected chi connectivity index (χ2v) is 22.3. The molecule has 0 aromatic heterocycles. The molecule has 3 unspecified atom stereocenters. The number of allylic oxidation sites excluding steroid dienone is 22. The highest BCUT2D eigenvalue weighted by Crippen LogP contribution is 2.43. The van der Waals surface area contributed by atoms with Gasteiger partial charge in [-0.15, -0.1) is 0 Å². The molecule has 0 saturated carbocycles. The van der Waals surface area contributed by atoms with Crippen LogP contribution in [-0.4, -0.2) is 66.5 Å². The number of carbonyl (C=O) groups excluding carboxylic acids is 3. The first-order valence-electron chi connectivity index (χ1n) is 32.1. The Kier molecular flexibility index (Phi) is 59.3. The van der Waals surface area contributed by atoms with E-state index in [2.05, 4.69) is 148 Å². The molecular formula is C70H115O11P. The van der Waals surface area contributed by atoms with Gasteiger partial charge in [0.1, 0.15) is 12.7 Å². The van der Waals surface area contributed by atoms with Crippen molar-refractivity contribution in [2.45, 2.75) is 264 Å². The van der Waals surface area contributed by atoms with Crippen LogP contribution in [0.5, 0.6) is 0 Å². The van der Waals surface area contributed by atoms with Crippen LogP contribution < -0.4 is 0 Å². The van der Waals surface area contributed by atoms with Gasteiger partial charge in [-0.25, -0.2) is 4.57 Å². The van der Waals surface area contributed by atoms with E-state index in [0.717, 1.165) is 103 Å². The van der Waals surface area contributed by atoms with Crippen molar-refractivity contribution >= 4 is 25.7 Å². The number of hydrogen-bond donors (Lipinski definition) is 2. The SMILES string of the molecule is CC/C=C\C/C=C\C/C=C\C/C=C\C/C=C\CCCCCC(=O)OC(COC(=O)CCC/C=C\C/C=C\C/C=C\C/C=C\C/C=C\CC)COP(=O)(O)OCC(CO)OC(=O)CCCCCCCCCCC/C=C\CCCCCCCC. The Hall–Kier alpha value is -4.38. The fourth-order valence-electron chi connectivity index (χ4n) is 8.24. The topological polar surface area (TPSA) is 155 Å². The van der Waals surface area contributed by atoms with Crippen LogP contribution in [-0.2, 0) is 42.2 Å². The van der Waals surface area contributed by atoms with E-state index in [0.29, 0.717) is 25.7 Å². The highest BCUT2D eigenvalue weighted by Gasteiger charge is 2.28. The Morgan fingerprint density at radius 1 is 0.354 bits per heavy atom. The number of aliphatic hydroxyl groups is 1. The van der Waals surface area contributed by atoms with E-state index in [9.17, 15) is 28.9 Å². The van der Waals surface area contributed by atoms with Crippen molar-refractivity contribution in [2.24, 2.45) is 0 Å². The first-order valence-corrected chi connectivity index (χ1v) is 33.6. The van der Waals surface area contributed by atoms with Crippen molar-refractivity contribution in [2.75, 3.05) is 26.4 Å². The number of carbonyl (C=O) groups is 3. The largest absolute Gasteiger partial charge is 0.472 e. The maximum absolute atomic E-state index is 13.0. The van der Waals surface area contributed by atoms with E-state index in [4.69, 9.17) is 23.3 Å². The zero-order valence-corrected chi connectivity index (χ0v) is 52.6. The smallest absolute Gasteiger partial charge is 0.462 e. The van der Waals surface area contributed by atoms with Crippen LogP contribution in [0.2, 0.25) is 0 Å². The third-order valence-electron chi connectivity index (χ3n) is 13.0. The predicted molar refractivity (Wildman–Crippen MR) is 343 cm³/mol. The molecule has 0 fully saturated rings. The van der Waals surface area contributed by atoms with Gasteiger partial charge in [0.2, 0.25) is 0 Å². The van der Waals surface area contributed by atoms with E-state index in [1.165, 1.54) is 83.5 Å². The van der Waals surface area contributed by atoms with Gasteiger partial charge >= 0.3 is 25.7 Å². The summed E-state index contributed by atoms with van der Waals surface area (Å²) in [6.45, 7) is 4.32. The normalized spacial score (nSPS) is 14.2. The molecule has 0 aliphatic carbocycles. The maximum atomic E-state index is 13.0. The Morgan fingerprint density at radius 2 is 0.646 bits per heavy atom. The minimum atomic E-state index is -4.79. The summed E-state index contributed by atoms with van der Waals surface area (Å²) in [7, 11) is -4.79. The van der Waals surface area contributed by atoms with Gasteiger partial charge in [-0.1, -0.05) is 238 Å². The number of esters is 3. The molecule has 0 radical (unpaired) electrons. The summed E-state index contributed by atoms with van der Waals surface area (Å²) in [5.41, 5.74) is 0. The number of phosphoric acid groups is 1. The standard InChI is InChI=1S/C70H115O11P/c1-4-7-10-13-16-19-22-25-28-31-33-36-39-42-45-48-51-54-57-60-69(73)80-66(62-71)64-78-82(75,76)79-65-67(63-77-68(72)59-56-53-50-47-44-41-38-35-30-27-24-21-18-15-12-9-6-3)81-70(74)61-58-55-52-49-46-43-40-37-34-32-29-26-23-20-17-14-11-8-5-2/h8-9,11-12,17-18,20-21,25-30,34,37-38,41,43,46-47,50,66-67,71H,4-7,10,13-16,19,22-24,31-33,35-36,39-40,42,44-45,48-49,51-65H2,1-3H3,(H,75,76)/b11-8-,12-9-,20-17-,21-18-,28-25-,29-26-,30-27-,37-34-,41-38-,46-43-,50-47-. The summed E-state index contributed by atoms with van der Waals surface area (Å²) in [4.78, 5) is 48.7. The van der Waals surface area contributed by atoms with Gasteiger partial charge in [0.25, 0.3) is 0 Å². The lowest BCUT2D eigenvalue weighted by atomic mass is 10.1. The second kappa shape index (κ2) is 62.7. The fraction of sp³-hybridized carbons (Fsp3) is 0.643. The molecule has 0 rings (SSSR count). The van der Waals surface area contributed by atoms with Crippen molar-refractivity contribution in [1.29, 1.82) is 0 Å². The zero-order valence-electron chi connectivity index (χ0n) is 51.7. The molecule has 0 spiro atoms. The van der Waals surface area contributed by atoms with Crippen LogP contribution in [0.4, 0.5) is 0 Å². The highest BCUT2D eigenvalue weighted by molar-refractivity contribution is 7.47. The third-order valence-corrected chi connectivity index (χ3v) is 14.0. The van der Waals surface area contributed by atoms with Gasteiger partial charge in [-0.3, -0.25) is 23.4 Å². The molecule has 0 aliphatic heterocycles. The molecule has 0 saturated heterocycles. The van der Waals surface area contributed by atoms with Gasteiger partial charge in [0.15, 0.2) is 6.10 Å². The molecule has 0 aliphatic rings. The Bertz CT molecular complexity index is 1890. The Morgan fingerprint density at radius 3 is 1.04 bits per heavy atom. The molecule has 11 nitrogen and oxygen atoms in total. The van der Waals surface area contributed by atoms with Crippen LogP contribution >= 0.6 is 7.82 Å². The molecule has 82 heavy (non-hydrogen) atoms. The molecule has 12 heteroatoms. The van der Waals surface area contributed by atoms with Crippen LogP contribution in [0, 0.1) is 0 Å². The molecule has 0 aromatic rings. The highest BCUT2D eigenvalue weighted by atomic mass is 31.2. The third kappa shape index (κ3) is 60.2. The van der Waals surface area contributed by atoms with E-state index in [-0.39, 0.29) is 25.9 Å². The molecule has 0 bridgehead atoms. The summed E-state index contributed by atoms with van der Waals surface area (Å²) in [6, 6.07) is 0. The number of rotatable bonds is 58. The van der Waals surface area contributed by atoms with Gasteiger partial charge in [0, 0.05) is 19.3 Å². The van der Waals surface area contributed by atoms with Crippen LogP contribution in [0.25, 0.3) is 0 Å². The lowest BCUT2D eigenvalue weighted by Gasteiger charge is -2.21. The molecule has 0 amide bonds. The average Bonchev–Trinajstić information content (AvgIpc) is 3.50. The quantitative estimate of drug-likeness (QED) is 0.0197. The number of phosphoric ester groups is 1. The van der Waals surface area contributed by atoms with Gasteiger partial charge in [-0.05, 0) is 128 Å². The minimum Gasteiger partial charge on any atom is -0.462 e. The number of aliphatic hydroxyl groups excluding tert-OH is 1. The molecule has 0 heterocycles. The maximum Gasteiger partial charge on any atom is 0.472 e. The van der Waals surface area contributed by atoms with E-state index in [1.54, 1.807) is 0 Å². The minimum absolute atomic E-state index is 0.109. The predicted octanol–water partition coefficient (Wildman–Crippen LogP) is 19.7. The fourth-order valence-corrected chi connectivity index (χ4v) is 9.02. The molecule has 0 aromatic carbocycles. The first-order chi connectivity index (χ1) is 40.2. The summed E-state index contributed by atoms with van der Waals surface area (Å²) in [5, 5.41) is 9.86. The summed E-state index contributed by atoms with van der Waals surface area (Å²) >= 11 is 0. The van der Waals surface area contributed by atoms with Crippen molar-refractivity contribution in [3.8, 4) is 0 Å². The van der Waals surface area contributed by atoms with Crippen LogP contribution in [0.3, 0.4) is 0 Å². The number of unbranched alkanes of at least 4 members (excludes halogenated alkanes) is 19. The zero-order chi connectivity index (χ0) is 59.8. The Balaban J connectivity index is 4.82. The second-order valence-electron chi connectivity index (χ2n) is 20.8. The molecular weight excluding hydrogens is 1050 g/mol. The van der Waals surface area contributed by atoms with Crippen LogP contribution in [0.1, 0.15) is 252 Å². The van der Waals surface area contributed by atoms with Gasteiger partial charge < -0.3 is 24.2 Å². The monoisotopic (exact) mass is 1160 g/mol. The van der Waals surface area contributed by atoms with Crippen molar-refractivity contribution < 1.29 is 52.2 Å². The summed E-state index contributed by atoms with van der Waals surface area (Å²) in [6.07, 6.45) is 79.8. The lowest BCUT2D eigenvalue weighted by molar-refractivity contribution is -0.161. The van der Waals surface area contributed by atoms with E-state index < -0.39 is 57.8 Å². The van der Waals surface area contributed by atoms with Crippen molar-refractivity contribution in [3.05, 3.63) is 134 Å². The van der Waals surface area contributed by atoms with Gasteiger partial charge in [0.05, 0.1) is 19.8 Å². The molecule has 466 valence electrons. The summed E-state index contributed by atoms with van der Waals surface area (Å²) in [5.74, 6) is -1.59. The Labute approximate surface area is 500 Å². The van der Waals surface area contributed by atoms with Crippen molar-refractivity contribution in [1.82, 2.24) is 0 Å². The van der Waals surface area contributed by atoms with Gasteiger partial charge in [-0.2, -0.15) is 0 Å². The lowest BCUT2D eigenvalue weighted by Crippen LogP contribution is -2.30. The number of ether oxygens (including phenoxy) is 3.